The van der Waals surface area contributed by atoms with Crippen LogP contribution >= 0.6 is 0 Å². The molecule has 0 aliphatic heterocycles. The number of hydrogen-bond donors (Lipinski definition) is 2. The number of nitrogens with one attached hydrogen (secondary N) is 1. The molecule has 1 aromatic carbocycles. The van der Waals surface area contributed by atoms with Gasteiger partial charge < -0.3 is 4.98 Å². The number of halogens is 1. The summed E-state index contributed by atoms with van der Waals surface area (Å²) in [5, 5.41) is 13.5. The largest absolute Gasteiger partial charge is 0.357 e. The smallest absolute Gasteiger partial charge is 0.238 e. The third-order valence-electron chi connectivity index (χ3n) is 2.58. The Morgan fingerprint density at radius 3 is 2.63 bits per heavy atom. The van der Waals surface area contributed by atoms with Crippen LogP contribution in [0.25, 0.3) is 11.3 Å². The Bertz CT molecular complexity index is 760. The maximum Gasteiger partial charge on any atom is 0.238 e. The lowest BCUT2D eigenvalue weighted by Gasteiger charge is -2.03. The van der Waals surface area contributed by atoms with Gasteiger partial charge in [0.25, 0.3) is 0 Å². The van der Waals surface area contributed by atoms with Crippen molar-refractivity contribution in [1.82, 2.24) is 4.98 Å². The summed E-state index contributed by atoms with van der Waals surface area (Å²) in [5.41, 5.74) is 1.35. The lowest BCUT2D eigenvalue weighted by molar-refractivity contribution is 0.593. The number of sulfonamides is 1. The fourth-order valence-electron chi connectivity index (χ4n) is 1.68. The number of nitrogens with zero attached hydrogens (tertiary/aromatic N) is 1. The normalized spacial score (nSPS) is 11.2. The van der Waals surface area contributed by atoms with Crippen LogP contribution in [0.3, 0.4) is 0 Å². The highest BCUT2D eigenvalue weighted by molar-refractivity contribution is 7.89. The van der Waals surface area contributed by atoms with Crippen molar-refractivity contribution in [3.05, 3.63) is 41.8 Å². The molecule has 0 spiro atoms. The van der Waals surface area contributed by atoms with Crippen LogP contribution in [0, 0.1) is 17.1 Å². The zero-order valence-corrected chi connectivity index (χ0v) is 10.5. The van der Waals surface area contributed by atoms with E-state index in [9.17, 15) is 12.8 Å². The van der Waals surface area contributed by atoms with Gasteiger partial charge in [0, 0.05) is 17.0 Å². The molecule has 7 heteroatoms. The number of aromatic nitrogens is 1. The second-order valence-corrected chi connectivity index (χ2v) is 5.48. The zero-order chi connectivity index (χ0) is 14.0. The molecular weight excluding hydrogens is 269 g/mol. The maximum absolute atomic E-state index is 13.9. The summed E-state index contributed by atoms with van der Waals surface area (Å²) < 4.78 is 36.0. The molecule has 0 aliphatic carbocycles. The van der Waals surface area contributed by atoms with Gasteiger partial charge in [-0.2, -0.15) is 5.26 Å². The molecule has 2 aromatic rings. The van der Waals surface area contributed by atoms with Crippen LogP contribution in [0.5, 0.6) is 0 Å². The van der Waals surface area contributed by atoms with Gasteiger partial charge in [0.05, 0.1) is 17.4 Å². The van der Waals surface area contributed by atoms with Crippen LogP contribution in [0.15, 0.2) is 35.2 Å². The Labute approximate surface area is 109 Å². The molecule has 2 rings (SSSR count). The van der Waals surface area contributed by atoms with Crippen LogP contribution in [-0.4, -0.2) is 13.4 Å². The number of nitrogens with two attached hydrogens (primary N) is 1. The van der Waals surface area contributed by atoms with Crippen molar-refractivity contribution < 1.29 is 12.8 Å². The molecule has 19 heavy (non-hydrogen) atoms. The summed E-state index contributed by atoms with van der Waals surface area (Å²) in [4.78, 5) is 2.61. The first-order valence-electron chi connectivity index (χ1n) is 5.29. The Hall–Kier alpha value is -2.17. The van der Waals surface area contributed by atoms with Gasteiger partial charge >= 0.3 is 0 Å². The number of nitriles is 1. The van der Waals surface area contributed by atoms with E-state index in [1.54, 1.807) is 12.1 Å². The molecule has 0 unspecified atom stereocenters. The molecule has 0 bridgehead atoms. The highest BCUT2D eigenvalue weighted by Crippen LogP contribution is 2.24. The maximum atomic E-state index is 13.9. The summed E-state index contributed by atoms with van der Waals surface area (Å²) >= 11 is 0. The number of rotatable bonds is 3. The number of H-pyrrole nitrogens is 1. The van der Waals surface area contributed by atoms with E-state index in [1.165, 1.54) is 12.1 Å². The molecule has 0 saturated heterocycles. The zero-order valence-electron chi connectivity index (χ0n) is 9.72. The van der Waals surface area contributed by atoms with E-state index in [1.807, 2.05) is 6.07 Å². The second-order valence-electron chi connectivity index (χ2n) is 3.92. The molecule has 3 N–H and O–H groups in total. The fraction of sp³-hybridized carbons (Fsp3) is 0.0833. The average Bonchev–Trinajstić information content (AvgIpc) is 2.76. The minimum absolute atomic E-state index is 0.191. The minimum Gasteiger partial charge on any atom is -0.357 e. The van der Waals surface area contributed by atoms with Crippen LogP contribution in [0.4, 0.5) is 4.39 Å². The van der Waals surface area contributed by atoms with Crippen LogP contribution in [0.1, 0.15) is 5.69 Å². The van der Waals surface area contributed by atoms with E-state index in [0.717, 1.165) is 6.07 Å². The molecule has 1 aromatic heterocycles. The molecule has 0 atom stereocenters. The van der Waals surface area contributed by atoms with Crippen molar-refractivity contribution in [3.63, 3.8) is 0 Å². The van der Waals surface area contributed by atoms with E-state index < -0.39 is 15.8 Å². The Morgan fingerprint density at radius 1 is 1.32 bits per heavy atom. The average molecular weight is 279 g/mol. The van der Waals surface area contributed by atoms with E-state index in [4.69, 9.17) is 10.4 Å². The molecule has 0 saturated carbocycles. The van der Waals surface area contributed by atoms with Crippen molar-refractivity contribution >= 4 is 10.0 Å². The summed E-state index contributed by atoms with van der Waals surface area (Å²) in [6, 6.07) is 8.71. The highest BCUT2D eigenvalue weighted by Gasteiger charge is 2.13. The quantitative estimate of drug-likeness (QED) is 0.891. The first-order chi connectivity index (χ1) is 8.91. The molecule has 1 heterocycles. The summed E-state index contributed by atoms with van der Waals surface area (Å²) in [6.45, 7) is 0. The van der Waals surface area contributed by atoms with Crippen molar-refractivity contribution in [2.75, 3.05) is 0 Å². The summed E-state index contributed by atoms with van der Waals surface area (Å²) in [7, 11) is -3.92. The Balaban J connectivity index is 2.43. The molecular formula is C12H10FN3O2S. The second kappa shape index (κ2) is 4.84. The third-order valence-corrected chi connectivity index (χ3v) is 3.49. The van der Waals surface area contributed by atoms with Crippen molar-refractivity contribution in [2.45, 2.75) is 11.3 Å². The monoisotopic (exact) mass is 279 g/mol. The molecule has 0 aliphatic rings. The minimum atomic E-state index is -3.92. The van der Waals surface area contributed by atoms with Crippen LogP contribution in [-0.2, 0) is 16.4 Å². The van der Waals surface area contributed by atoms with Crippen LogP contribution < -0.4 is 5.14 Å². The van der Waals surface area contributed by atoms with Crippen LogP contribution in [0.2, 0.25) is 0 Å². The lowest BCUT2D eigenvalue weighted by atomic mass is 10.1. The highest BCUT2D eigenvalue weighted by atomic mass is 32.2. The number of hydrogen-bond acceptors (Lipinski definition) is 3. The van der Waals surface area contributed by atoms with Crippen molar-refractivity contribution in [3.8, 4) is 17.3 Å². The van der Waals surface area contributed by atoms with E-state index >= 15 is 0 Å². The van der Waals surface area contributed by atoms with Gasteiger partial charge in [0.15, 0.2) is 0 Å². The van der Waals surface area contributed by atoms with Gasteiger partial charge in [-0.05, 0) is 30.3 Å². The standard InChI is InChI=1S/C12H10FN3O2S/c13-11-7-9(19(15,17)18)2-3-10(11)12-4-1-8(16-12)5-6-14/h1-4,7,16H,5H2,(H2,15,17,18). The Morgan fingerprint density at radius 2 is 2.05 bits per heavy atom. The first kappa shape index (κ1) is 13.3. The predicted octanol–water partition coefficient (Wildman–Crippen LogP) is 1.53. The fourth-order valence-corrected chi connectivity index (χ4v) is 2.20. The number of benzene rings is 1. The summed E-state index contributed by atoms with van der Waals surface area (Å²) in [5.74, 6) is -0.697. The van der Waals surface area contributed by atoms with Gasteiger partial charge in [-0.15, -0.1) is 0 Å². The van der Waals surface area contributed by atoms with E-state index in [0.29, 0.717) is 11.4 Å². The third kappa shape index (κ3) is 2.81. The topological polar surface area (TPSA) is 99.7 Å². The number of primary sulfonamides is 1. The molecule has 0 radical (unpaired) electrons. The molecule has 0 amide bonds. The summed E-state index contributed by atoms with van der Waals surface area (Å²) in [6.07, 6.45) is 0.191. The molecule has 5 nitrogen and oxygen atoms in total. The Kier molecular flexibility index (Phi) is 3.38. The predicted molar refractivity (Wildman–Crippen MR) is 66.9 cm³/mol. The van der Waals surface area contributed by atoms with Gasteiger partial charge in [0.2, 0.25) is 10.0 Å². The molecule has 0 fully saturated rings. The van der Waals surface area contributed by atoms with E-state index in [2.05, 4.69) is 4.98 Å². The van der Waals surface area contributed by atoms with E-state index in [-0.39, 0.29) is 16.9 Å². The molecule has 98 valence electrons. The number of aromatic amines is 1. The lowest BCUT2D eigenvalue weighted by Crippen LogP contribution is -2.12. The SMILES string of the molecule is N#CCc1ccc(-c2ccc(S(N)(=O)=O)cc2F)[nH]1. The van der Waals surface area contributed by atoms with Gasteiger partial charge in [-0.25, -0.2) is 17.9 Å². The van der Waals surface area contributed by atoms with Crippen molar-refractivity contribution in [2.24, 2.45) is 5.14 Å². The van der Waals surface area contributed by atoms with Crippen molar-refractivity contribution in [1.29, 1.82) is 5.26 Å². The van der Waals surface area contributed by atoms with Gasteiger partial charge in [-0.1, -0.05) is 0 Å². The van der Waals surface area contributed by atoms with Gasteiger partial charge in [-0.3, -0.25) is 0 Å². The first-order valence-corrected chi connectivity index (χ1v) is 6.84. The van der Waals surface area contributed by atoms with Gasteiger partial charge in [0.1, 0.15) is 5.82 Å².